The third-order valence-electron chi connectivity index (χ3n) is 1.01. The number of azo groups is 1. The lowest BCUT2D eigenvalue weighted by Gasteiger charge is -1.86. The van der Waals surface area contributed by atoms with E-state index < -0.39 is 6.09 Å². The number of carbonyl (C=O) groups is 1. The number of rotatable bonds is 1. The summed E-state index contributed by atoms with van der Waals surface area (Å²) >= 11 is 0. The van der Waals surface area contributed by atoms with Crippen molar-refractivity contribution in [1.29, 1.82) is 0 Å². The summed E-state index contributed by atoms with van der Waals surface area (Å²) in [6.07, 6.45) is -1.28. The van der Waals surface area contributed by atoms with Crippen LogP contribution in [0.5, 0.6) is 0 Å². The molecular weight excluding hydrogens is 144 g/mol. The summed E-state index contributed by atoms with van der Waals surface area (Å²) in [4.78, 5) is 9.91. The minimum atomic E-state index is -1.28. The summed E-state index contributed by atoms with van der Waals surface area (Å²) in [6.45, 7) is 0. The topological polar surface area (TPSA) is 62.0 Å². The molecular formula is C7H6N2O2. The SMILES string of the molecule is O=C(O)/N=N/c1ccccc1. The zero-order valence-electron chi connectivity index (χ0n) is 5.64. The Morgan fingerprint density at radius 1 is 1.27 bits per heavy atom. The fourth-order valence-corrected chi connectivity index (χ4v) is 0.595. The van der Waals surface area contributed by atoms with Gasteiger partial charge in [-0.3, -0.25) is 0 Å². The van der Waals surface area contributed by atoms with E-state index in [1.807, 2.05) is 6.07 Å². The van der Waals surface area contributed by atoms with Crippen molar-refractivity contribution in [2.45, 2.75) is 0 Å². The van der Waals surface area contributed by atoms with Crippen LogP contribution in [0.1, 0.15) is 0 Å². The number of benzene rings is 1. The van der Waals surface area contributed by atoms with Crippen LogP contribution >= 0.6 is 0 Å². The highest BCUT2D eigenvalue weighted by molar-refractivity contribution is 5.65. The van der Waals surface area contributed by atoms with Crippen molar-refractivity contribution in [2.75, 3.05) is 0 Å². The molecule has 0 aliphatic carbocycles. The van der Waals surface area contributed by atoms with Gasteiger partial charge in [0, 0.05) is 0 Å². The van der Waals surface area contributed by atoms with E-state index in [0.29, 0.717) is 5.69 Å². The fourth-order valence-electron chi connectivity index (χ4n) is 0.595. The average Bonchev–Trinajstić information content (AvgIpc) is 2.03. The maximum atomic E-state index is 9.91. The van der Waals surface area contributed by atoms with Gasteiger partial charge in [-0.05, 0) is 12.1 Å². The third-order valence-corrected chi connectivity index (χ3v) is 1.01. The van der Waals surface area contributed by atoms with Crippen LogP contribution in [0, 0.1) is 0 Å². The molecule has 0 saturated heterocycles. The van der Waals surface area contributed by atoms with Gasteiger partial charge in [0.25, 0.3) is 0 Å². The zero-order chi connectivity index (χ0) is 8.10. The maximum absolute atomic E-state index is 9.91. The Morgan fingerprint density at radius 3 is 2.45 bits per heavy atom. The molecule has 0 atom stereocenters. The number of hydrogen-bond donors (Lipinski definition) is 1. The number of hydrogen-bond acceptors (Lipinski definition) is 2. The molecule has 11 heavy (non-hydrogen) atoms. The fraction of sp³-hybridized carbons (Fsp3) is 0. The molecule has 0 aliphatic heterocycles. The van der Waals surface area contributed by atoms with Crippen LogP contribution in [-0.2, 0) is 0 Å². The number of amides is 1. The Hall–Kier alpha value is -1.71. The normalized spacial score (nSPS) is 10.2. The van der Waals surface area contributed by atoms with Gasteiger partial charge in [0.1, 0.15) is 0 Å². The Balaban J connectivity index is 2.72. The highest BCUT2D eigenvalue weighted by Crippen LogP contribution is 2.09. The lowest BCUT2D eigenvalue weighted by atomic mass is 10.3. The summed E-state index contributed by atoms with van der Waals surface area (Å²) in [5, 5.41) is 14.5. The highest BCUT2D eigenvalue weighted by atomic mass is 16.4. The van der Waals surface area contributed by atoms with Crippen LogP contribution < -0.4 is 0 Å². The zero-order valence-corrected chi connectivity index (χ0v) is 5.64. The van der Waals surface area contributed by atoms with Gasteiger partial charge in [-0.15, -0.1) is 5.11 Å². The number of carboxylic acid groups (broad SMARTS) is 1. The predicted octanol–water partition coefficient (Wildman–Crippen LogP) is 2.45. The molecule has 0 spiro atoms. The van der Waals surface area contributed by atoms with Crippen molar-refractivity contribution < 1.29 is 9.90 Å². The van der Waals surface area contributed by atoms with Gasteiger partial charge < -0.3 is 5.11 Å². The molecule has 1 N–H and O–H groups in total. The van der Waals surface area contributed by atoms with Gasteiger partial charge in [-0.1, -0.05) is 23.3 Å². The van der Waals surface area contributed by atoms with Gasteiger partial charge in [0.15, 0.2) is 0 Å². The molecule has 0 fully saturated rings. The van der Waals surface area contributed by atoms with Crippen LogP contribution in [0.25, 0.3) is 0 Å². The molecule has 0 heterocycles. The molecule has 0 unspecified atom stereocenters. The summed E-state index contributed by atoms with van der Waals surface area (Å²) in [5.74, 6) is 0. The number of nitrogens with zero attached hydrogens (tertiary/aromatic N) is 2. The van der Waals surface area contributed by atoms with Crippen molar-refractivity contribution in [3.63, 3.8) is 0 Å². The molecule has 0 aliphatic rings. The van der Waals surface area contributed by atoms with Crippen LogP contribution in [0.3, 0.4) is 0 Å². The molecule has 4 heteroatoms. The van der Waals surface area contributed by atoms with E-state index in [-0.39, 0.29) is 0 Å². The molecule has 0 bridgehead atoms. The molecule has 1 rings (SSSR count). The minimum Gasteiger partial charge on any atom is -0.462 e. The monoisotopic (exact) mass is 150 g/mol. The lowest BCUT2D eigenvalue weighted by Crippen LogP contribution is -1.80. The van der Waals surface area contributed by atoms with Crippen LogP contribution in [0.2, 0.25) is 0 Å². The van der Waals surface area contributed by atoms with Crippen LogP contribution in [0.4, 0.5) is 10.5 Å². The van der Waals surface area contributed by atoms with E-state index in [4.69, 9.17) is 5.11 Å². The maximum Gasteiger partial charge on any atom is 0.449 e. The van der Waals surface area contributed by atoms with Crippen molar-refractivity contribution in [2.24, 2.45) is 10.2 Å². The molecule has 1 amide bonds. The van der Waals surface area contributed by atoms with Crippen molar-refractivity contribution in [3.8, 4) is 0 Å². The van der Waals surface area contributed by atoms with Crippen LogP contribution in [-0.4, -0.2) is 11.2 Å². The third kappa shape index (κ3) is 2.57. The summed E-state index contributed by atoms with van der Waals surface area (Å²) in [6, 6.07) is 8.69. The van der Waals surface area contributed by atoms with E-state index in [1.54, 1.807) is 24.3 Å². The van der Waals surface area contributed by atoms with E-state index in [0.717, 1.165) is 0 Å². The first-order chi connectivity index (χ1) is 5.29. The highest BCUT2D eigenvalue weighted by Gasteiger charge is 1.88. The first kappa shape index (κ1) is 7.40. The second kappa shape index (κ2) is 3.46. The largest absolute Gasteiger partial charge is 0.462 e. The summed E-state index contributed by atoms with van der Waals surface area (Å²) in [7, 11) is 0. The standard InChI is InChI=1S/C7H6N2O2/c10-7(11)9-8-6-4-2-1-3-5-6/h1-5H,(H,10,11)/b9-8+. The predicted molar refractivity (Wildman–Crippen MR) is 39.0 cm³/mol. The molecule has 0 radical (unpaired) electrons. The molecule has 0 saturated carbocycles. The van der Waals surface area contributed by atoms with Gasteiger partial charge in [0.2, 0.25) is 0 Å². The Labute approximate surface area is 63.2 Å². The summed E-state index contributed by atoms with van der Waals surface area (Å²) < 4.78 is 0. The Morgan fingerprint density at radius 2 is 1.91 bits per heavy atom. The van der Waals surface area contributed by atoms with Gasteiger partial charge in [-0.25, -0.2) is 4.79 Å². The molecule has 56 valence electrons. The quantitative estimate of drug-likeness (QED) is 0.625. The first-order valence-corrected chi connectivity index (χ1v) is 2.99. The Kier molecular flexibility index (Phi) is 2.32. The van der Waals surface area contributed by atoms with Gasteiger partial charge in [-0.2, -0.15) is 0 Å². The van der Waals surface area contributed by atoms with E-state index in [2.05, 4.69) is 10.2 Å². The lowest BCUT2D eigenvalue weighted by molar-refractivity contribution is 0.204. The van der Waals surface area contributed by atoms with Crippen molar-refractivity contribution in [1.82, 2.24) is 0 Å². The molecule has 0 aromatic heterocycles. The molecule has 1 aromatic carbocycles. The van der Waals surface area contributed by atoms with Crippen LogP contribution in [0.15, 0.2) is 40.6 Å². The van der Waals surface area contributed by atoms with E-state index in [1.165, 1.54) is 0 Å². The smallest absolute Gasteiger partial charge is 0.449 e. The first-order valence-electron chi connectivity index (χ1n) is 2.99. The average molecular weight is 150 g/mol. The second-order valence-electron chi connectivity index (χ2n) is 1.82. The summed E-state index contributed by atoms with van der Waals surface area (Å²) in [5.41, 5.74) is 0.537. The molecule has 1 aromatic rings. The Bertz CT molecular complexity index is 269. The van der Waals surface area contributed by atoms with Crippen molar-refractivity contribution >= 4 is 11.8 Å². The van der Waals surface area contributed by atoms with Gasteiger partial charge in [0.05, 0.1) is 5.69 Å². The minimum absolute atomic E-state index is 0.537. The van der Waals surface area contributed by atoms with Gasteiger partial charge >= 0.3 is 6.09 Å². The van der Waals surface area contributed by atoms with E-state index >= 15 is 0 Å². The van der Waals surface area contributed by atoms with E-state index in [9.17, 15) is 4.79 Å². The molecule has 4 nitrogen and oxygen atoms in total. The van der Waals surface area contributed by atoms with Crippen molar-refractivity contribution in [3.05, 3.63) is 30.3 Å². The second-order valence-corrected chi connectivity index (χ2v) is 1.82.